The summed E-state index contributed by atoms with van der Waals surface area (Å²) in [5, 5.41) is 1.18. The summed E-state index contributed by atoms with van der Waals surface area (Å²) in [6, 6.07) is 8.25. The molecule has 0 heterocycles. The number of aryl methyl sites for hydroxylation is 1. The molecule has 0 fully saturated rings. The van der Waals surface area contributed by atoms with Crippen LogP contribution in [0.15, 0.2) is 36.9 Å². The van der Waals surface area contributed by atoms with Crippen LogP contribution >= 0.6 is 22.2 Å². The standard InChI is InChI=1S/C12H16Cl2Si/c1-2-3-4-5-8-11-9-6-7-10-12(11)15(13)14/h2,6-7,9-10,15H,1,3-5,8H2. The quantitative estimate of drug-likeness (QED) is 0.317. The molecule has 0 saturated heterocycles. The smallest absolute Gasteiger partial charge is 0.144 e. The second-order valence-electron chi connectivity index (χ2n) is 3.53. The fourth-order valence-electron chi connectivity index (χ4n) is 1.58. The van der Waals surface area contributed by atoms with E-state index in [1.54, 1.807) is 0 Å². The fourth-order valence-corrected chi connectivity index (χ4v) is 3.63. The molecule has 0 aliphatic rings. The van der Waals surface area contributed by atoms with Gasteiger partial charge in [-0.2, -0.15) is 0 Å². The first-order valence-corrected chi connectivity index (χ1v) is 9.29. The van der Waals surface area contributed by atoms with Crippen molar-refractivity contribution in [2.75, 3.05) is 0 Å². The number of rotatable bonds is 6. The third-order valence-corrected chi connectivity index (χ3v) is 4.84. The summed E-state index contributed by atoms with van der Waals surface area (Å²) in [7, 11) is -1.70. The van der Waals surface area contributed by atoms with Crippen LogP contribution in [0.4, 0.5) is 0 Å². The van der Waals surface area contributed by atoms with Crippen molar-refractivity contribution in [3.63, 3.8) is 0 Å². The Morgan fingerprint density at radius 3 is 2.60 bits per heavy atom. The van der Waals surface area contributed by atoms with Crippen LogP contribution < -0.4 is 5.19 Å². The molecule has 1 aromatic carbocycles. The monoisotopic (exact) mass is 258 g/mol. The lowest BCUT2D eigenvalue weighted by Gasteiger charge is -2.08. The number of benzene rings is 1. The van der Waals surface area contributed by atoms with Gasteiger partial charge in [0.25, 0.3) is 7.42 Å². The van der Waals surface area contributed by atoms with Crippen LogP contribution in [-0.2, 0) is 6.42 Å². The van der Waals surface area contributed by atoms with Crippen molar-refractivity contribution in [1.82, 2.24) is 0 Å². The summed E-state index contributed by atoms with van der Waals surface area (Å²) >= 11 is 12.1. The number of hydrogen-bond acceptors (Lipinski definition) is 0. The number of allylic oxidation sites excluding steroid dienone is 1. The highest BCUT2D eigenvalue weighted by molar-refractivity contribution is 7.39. The second kappa shape index (κ2) is 7.10. The molecule has 1 aromatic rings. The van der Waals surface area contributed by atoms with E-state index < -0.39 is 7.42 Å². The van der Waals surface area contributed by atoms with Gasteiger partial charge in [0.15, 0.2) is 0 Å². The van der Waals surface area contributed by atoms with E-state index in [0.29, 0.717) is 0 Å². The van der Waals surface area contributed by atoms with Gasteiger partial charge in [0, 0.05) is 0 Å². The van der Waals surface area contributed by atoms with Gasteiger partial charge in [-0.3, -0.25) is 0 Å². The van der Waals surface area contributed by atoms with Gasteiger partial charge < -0.3 is 0 Å². The lowest BCUT2D eigenvalue weighted by molar-refractivity contribution is 0.750. The molecule has 3 heteroatoms. The molecule has 1 rings (SSSR count). The molecule has 0 atom stereocenters. The minimum atomic E-state index is -1.70. The van der Waals surface area contributed by atoms with Crippen LogP contribution in [0.3, 0.4) is 0 Å². The minimum Gasteiger partial charge on any atom is -0.144 e. The normalized spacial score (nSPS) is 10.6. The molecule has 0 aliphatic heterocycles. The molecular formula is C12H16Cl2Si. The molecule has 0 bridgehead atoms. The lowest BCUT2D eigenvalue weighted by Crippen LogP contribution is -2.22. The molecule has 0 aromatic heterocycles. The summed E-state index contributed by atoms with van der Waals surface area (Å²) in [5.74, 6) is 0. The Bertz CT molecular complexity index is 310. The Labute approximate surface area is 103 Å². The average Bonchev–Trinajstić information content (AvgIpc) is 2.25. The molecule has 0 amide bonds. The van der Waals surface area contributed by atoms with Crippen molar-refractivity contribution in [2.24, 2.45) is 0 Å². The first kappa shape index (κ1) is 12.8. The first-order valence-electron chi connectivity index (χ1n) is 5.22. The Balaban J connectivity index is 2.55. The maximum Gasteiger partial charge on any atom is 0.266 e. The zero-order valence-corrected chi connectivity index (χ0v) is 11.4. The van der Waals surface area contributed by atoms with Gasteiger partial charge in [0.1, 0.15) is 0 Å². The molecule has 0 aliphatic carbocycles. The highest BCUT2D eigenvalue weighted by Crippen LogP contribution is 2.08. The highest BCUT2D eigenvalue weighted by atomic mass is 35.7. The molecule has 82 valence electrons. The molecule has 0 N–H and O–H groups in total. The Kier molecular flexibility index (Phi) is 6.07. The third-order valence-electron chi connectivity index (χ3n) is 2.39. The van der Waals surface area contributed by atoms with Gasteiger partial charge in [-0.05, 0) is 36.4 Å². The summed E-state index contributed by atoms with van der Waals surface area (Å²) in [6.07, 6.45) is 6.50. The lowest BCUT2D eigenvalue weighted by atomic mass is 10.1. The Morgan fingerprint density at radius 1 is 1.20 bits per heavy atom. The van der Waals surface area contributed by atoms with E-state index in [0.717, 1.165) is 12.8 Å². The van der Waals surface area contributed by atoms with Gasteiger partial charge in [0.2, 0.25) is 0 Å². The molecule has 0 spiro atoms. The molecular weight excluding hydrogens is 243 g/mol. The second-order valence-corrected chi connectivity index (χ2v) is 8.05. The van der Waals surface area contributed by atoms with E-state index in [1.807, 2.05) is 12.1 Å². The van der Waals surface area contributed by atoms with Crippen molar-refractivity contribution in [2.45, 2.75) is 25.7 Å². The Hall–Kier alpha value is -0.243. The van der Waals surface area contributed by atoms with Crippen LogP contribution in [0.25, 0.3) is 0 Å². The molecule has 0 unspecified atom stereocenters. The summed E-state index contributed by atoms with van der Waals surface area (Å²) in [4.78, 5) is 0. The van der Waals surface area contributed by atoms with Crippen molar-refractivity contribution < 1.29 is 0 Å². The predicted octanol–water partition coefficient (Wildman–Crippen LogP) is 3.49. The Morgan fingerprint density at radius 2 is 1.93 bits per heavy atom. The van der Waals surface area contributed by atoms with E-state index in [1.165, 1.54) is 23.6 Å². The summed E-state index contributed by atoms with van der Waals surface area (Å²) in [6.45, 7) is 3.72. The van der Waals surface area contributed by atoms with Crippen molar-refractivity contribution in [1.29, 1.82) is 0 Å². The van der Waals surface area contributed by atoms with Crippen LogP contribution in [-0.4, -0.2) is 7.42 Å². The van der Waals surface area contributed by atoms with Gasteiger partial charge >= 0.3 is 0 Å². The zero-order chi connectivity index (χ0) is 11.1. The van der Waals surface area contributed by atoms with E-state index >= 15 is 0 Å². The van der Waals surface area contributed by atoms with Crippen molar-refractivity contribution in [3.05, 3.63) is 42.5 Å². The number of unbranched alkanes of at least 4 members (excludes halogenated alkanes) is 2. The maximum absolute atomic E-state index is 6.04. The molecule has 0 saturated carbocycles. The summed E-state index contributed by atoms with van der Waals surface area (Å²) < 4.78 is 0. The third kappa shape index (κ3) is 4.41. The maximum atomic E-state index is 6.04. The van der Waals surface area contributed by atoms with Crippen LogP contribution in [0.5, 0.6) is 0 Å². The largest absolute Gasteiger partial charge is 0.266 e. The first-order chi connectivity index (χ1) is 7.25. The van der Waals surface area contributed by atoms with Gasteiger partial charge in [-0.25, -0.2) is 0 Å². The summed E-state index contributed by atoms with van der Waals surface area (Å²) in [5.41, 5.74) is 1.32. The van der Waals surface area contributed by atoms with Crippen molar-refractivity contribution >= 4 is 34.8 Å². The van der Waals surface area contributed by atoms with Gasteiger partial charge in [-0.15, -0.1) is 28.7 Å². The van der Waals surface area contributed by atoms with Crippen molar-refractivity contribution in [3.8, 4) is 0 Å². The number of hydrogen-bond donors (Lipinski definition) is 0. The fraction of sp³-hybridized carbons (Fsp3) is 0.333. The van der Waals surface area contributed by atoms with Gasteiger partial charge in [0.05, 0.1) is 0 Å². The predicted molar refractivity (Wildman–Crippen MR) is 72.7 cm³/mol. The molecule has 0 radical (unpaired) electrons. The highest BCUT2D eigenvalue weighted by Gasteiger charge is 2.10. The average molecular weight is 259 g/mol. The minimum absolute atomic E-state index is 1.08. The van der Waals surface area contributed by atoms with E-state index in [-0.39, 0.29) is 0 Å². The van der Waals surface area contributed by atoms with Gasteiger partial charge in [-0.1, -0.05) is 30.3 Å². The molecule has 15 heavy (non-hydrogen) atoms. The van der Waals surface area contributed by atoms with E-state index in [9.17, 15) is 0 Å². The SMILES string of the molecule is C=CCCCCc1ccccc1[SiH](Cl)Cl. The van der Waals surface area contributed by atoms with Crippen LogP contribution in [0.1, 0.15) is 24.8 Å². The van der Waals surface area contributed by atoms with E-state index in [2.05, 4.69) is 24.8 Å². The van der Waals surface area contributed by atoms with E-state index in [4.69, 9.17) is 22.2 Å². The zero-order valence-electron chi connectivity index (χ0n) is 8.76. The number of halogens is 2. The molecule has 0 nitrogen and oxygen atoms in total. The van der Waals surface area contributed by atoms with Crippen LogP contribution in [0.2, 0.25) is 0 Å². The van der Waals surface area contributed by atoms with Crippen LogP contribution in [0, 0.1) is 0 Å². The topological polar surface area (TPSA) is 0 Å².